The van der Waals surface area contributed by atoms with Crippen LogP contribution in [-0.4, -0.2) is 36.6 Å². The maximum absolute atomic E-state index is 11.7. The van der Waals surface area contributed by atoms with Gasteiger partial charge in [-0.05, 0) is 31.8 Å². The monoisotopic (exact) mass is 264 g/mol. The molecule has 1 saturated heterocycles. The Morgan fingerprint density at radius 1 is 1.42 bits per heavy atom. The third-order valence-corrected chi connectivity index (χ3v) is 3.68. The molecule has 0 radical (unpaired) electrons. The van der Waals surface area contributed by atoms with Crippen molar-refractivity contribution in [3.63, 3.8) is 0 Å². The first kappa shape index (κ1) is 14.1. The molecule has 0 unspecified atom stereocenters. The molecule has 0 atom stereocenters. The molecule has 1 aliphatic heterocycles. The molecule has 106 valence electrons. The van der Waals surface area contributed by atoms with E-state index in [0.29, 0.717) is 5.92 Å². The summed E-state index contributed by atoms with van der Waals surface area (Å²) < 4.78 is 0. The fraction of sp³-hybridized carbons (Fsp3) is 0.714. The molecule has 0 aromatic carbocycles. The summed E-state index contributed by atoms with van der Waals surface area (Å²) in [5, 5.41) is 3.37. The summed E-state index contributed by atoms with van der Waals surface area (Å²) in [5.41, 5.74) is -0.0640. The van der Waals surface area contributed by atoms with Crippen LogP contribution < -0.4 is 15.8 Å². The molecule has 2 rings (SSSR count). The van der Waals surface area contributed by atoms with Crippen molar-refractivity contribution in [2.75, 3.05) is 31.6 Å². The van der Waals surface area contributed by atoms with Crippen molar-refractivity contribution in [2.45, 2.75) is 32.6 Å². The van der Waals surface area contributed by atoms with Crippen LogP contribution in [-0.2, 0) is 0 Å². The molecule has 1 fully saturated rings. The number of anilines is 1. The molecule has 1 aromatic heterocycles. The molecule has 2 heterocycles. The Balaban J connectivity index is 2.09. The Hall–Kier alpha value is -1.36. The number of nitrogens with one attached hydrogen (secondary N) is 2. The lowest BCUT2D eigenvalue weighted by atomic mass is 9.98. The minimum absolute atomic E-state index is 0.0640. The highest BCUT2D eigenvalue weighted by Crippen LogP contribution is 2.17. The van der Waals surface area contributed by atoms with Gasteiger partial charge in [0.1, 0.15) is 11.6 Å². The molecule has 5 heteroatoms. The Labute approximate surface area is 114 Å². The van der Waals surface area contributed by atoms with Crippen molar-refractivity contribution < 1.29 is 0 Å². The molecule has 1 aliphatic rings. The van der Waals surface area contributed by atoms with E-state index in [2.05, 4.69) is 20.2 Å². The van der Waals surface area contributed by atoms with Gasteiger partial charge in [-0.15, -0.1) is 0 Å². The lowest BCUT2D eigenvalue weighted by Crippen LogP contribution is -2.35. The van der Waals surface area contributed by atoms with Gasteiger partial charge < -0.3 is 15.2 Å². The van der Waals surface area contributed by atoms with E-state index >= 15 is 0 Å². The molecule has 0 saturated carbocycles. The lowest BCUT2D eigenvalue weighted by molar-refractivity contribution is 0.377. The second kappa shape index (κ2) is 6.19. The van der Waals surface area contributed by atoms with Gasteiger partial charge in [-0.2, -0.15) is 0 Å². The lowest BCUT2D eigenvalue weighted by Gasteiger charge is -2.28. The van der Waals surface area contributed by atoms with Crippen LogP contribution >= 0.6 is 0 Å². The standard InChI is InChI=1S/C14H24N4O/c1-10(2)14-16-12(8-13(19)17-14)18(3)9-11-4-6-15-7-5-11/h8,10-11,15H,4-7,9H2,1-3H3,(H,16,17,19). The fourth-order valence-corrected chi connectivity index (χ4v) is 2.48. The van der Waals surface area contributed by atoms with Gasteiger partial charge in [0.25, 0.3) is 5.56 Å². The largest absolute Gasteiger partial charge is 0.359 e. The van der Waals surface area contributed by atoms with Crippen LogP contribution in [0.1, 0.15) is 38.4 Å². The van der Waals surface area contributed by atoms with E-state index in [1.165, 1.54) is 12.8 Å². The first-order chi connectivity index (χ1) is 9.06. The molecule has 19 heavy (non-hydrogen) atoms. The van der Waals surface area contributed by atoms with E-state index in [9.17, 15) is 4.79 Å². The summed E-state index contributed by atoms with van der Waals surface area (Å²) in [6.07, 6.45) is 2.40. The molecular formula is C14H24N4O. The topological polar surface area (TPSA) is 61.0 Å². The summed E-state index contributed by atoms with van der Waals surface area (Å²) in [5.74, 6) is 2.47. The van der Waals surface area contributed by atoms with E-state index in [0.717, 1.165) is 31.3 Å². The van der Waals surface area contributed by atoms with Gasteiger partial charge in [0.2, 0.25) is 0 Å². The summed E-state index contributed by atoms with van der Waals surface area (Å²) in [6, 6.07) is 1.59. The smallest absolute Gasteiger partial charge is 0.252 e. The molecule has 0 spiro atoms. The Bertz CT molecular complexity index is 463. The van der Waals surface area contributed by atoms with Gasteiger partial charge in [0, 0.05) is 25.6 Å². The molecule has 0 bridgehead atoms. The number of hydrogen-bond acceptors (Lipinski definition) is 4. The zero-order chi connectivity index (χ0) is 13.8. The van der Waals surface area contributed by atoms with Crippen molar-refractivity contribution in [2.24, 2.45) is 5.92 Å². The van der Waals surface area contributed by atoms with Crippen LogP contribution in [0.25, 0.3) is 0 Å². The van der Waals surface area contributed by atoms with Crippen LogP contribution in [0, 0.1) is 5.92 Å². The quantitative estimate of drug-likeness (QED) is 0.861. The number of hydrogen-bond donors (Lipinski definition) is 2. The van der Waals surface area contributed by atoms with Crippen LogP contribution in [0.5, 0.6) is 0 Å². The summed E-state index contributed by atoms with van der Waals surface area (Å²) >= 11 is 0. The third kappa shape index (κ3) is 3.80. The minimum atomic E-state index is -0.0640. The number of aromatic nitrogens is 2. The van der Waals surface area contributed by atoms with Crippen LogP contribution in [0.4, 0.5) is 5.82 Å². The van der Waals surface area contributed by atoms with Gasteiger partial charge in [-0.25, -0.2) is 4.98 Å². The number of aromatic amines is 1. The first-order valence-electron chi connectivity index (χ1n) is 7.09. The Kier molecular flexibility index (Phi) is 4.58. The highest BCUT2D eigenvalue weighted by molar-refractivity contribution is 5.36. The van der Waals surface area contributed by atoms with Crippen molar-refractivity contribution >= 4 is 5.82 Å². The number of piperidine rings is 1. The molecule has 5 nitrogen and oxygen atoms in total. The Morgan fingerprint density at radius 2 is 2.11 bits per heavy atom. The zero-order valence-corrected chi connectivity index (χ0v) is 12.1. The minimum Gasteiger partial charge on any atom is -0.359 e. The highest BCUT2D eigenvalue weighted by atomic mass is 16.1. The van der Waals surface area contributed by atoms with E-state index in [1.807, 2.05) is 20.9 Å². The molecule has 2 N–H and O–H groups in total. The second-order valence-corrected chi connectivity index (χ2v) is 5.72. The maximum Gasteiger partial charge on any atom is 0.252 e. The fourth-order valence-electron chi connectivity index (χ4n) is 2.48. The van der Waals surface area contributed by atoms with E-state index < -0.39 is 0 Å². The van der Waals surface area contributed by atoms with Gasteiger partial charge in [-0.3, -0.25) is 4.79 Å². The summed E-state index contributed by atoms with van der Waals surface area (Å²) in [7, 11) is 2.02. The van der Waals surface area contributed by atoms with Crippen molar-refractivity contribution in [1.82, 2.24) is 15.3 Å². The van der Waals surface area contributed by atoms with Crippen molar-refractivity contribution in [3.05, 3.63) is 22.2 Å². The average molecular weight is 264 g/mol. The second-order valence-electron chi connectivity index (χ2n) is 5.72. The van der Waals surface area contributed by atoms with Gasteiger partial charge >= 0.3 is 0 Å². The van der Waals surface area contributed by atoms with Crippen LogP contribution in [0.15, 0.2) is 10.9 Å². The molecular weight excluding hydrogens is 240 g/mol. The third-order valence-electron chi connectivity index (χ3n) is 3.68. The van der Waals surface area contributed by atoms with Gasteiger partial charge in [0.05, 0.1) is 0 Å². The molecule has 0 amide bonds. The SMILES string of the molecule is CC(C)c1nc(N(C)CC2CCNCC2)cc(=O)[nH]1. The van der Waals surface area contributed by atoms with Gasteiger partial charge in [0.15, 0.2) is 0 Å². The maximum atomic E-state index is 11.7. The van der Waals surface area contributed by atoms with Gasteiger partial charge in [-0.1, -0.05) is 13.8 Å². The highest BCUT2D eigenvalue weighted by Gasteiger charge is 2.16. The first-order valence-corrected chi connectivity index (χ1v) is 7.09. The number of nitrogens with zero attached hydrogens (tertiary/aromatic N) is 2. The summed E-state index contributed by atoms with van der Waals surface area (Å²) in [4.78, 5) is 21.1. The number of rotatable bonds is 4. The zero-order valence-electron chi connectivity index (χ0n) is 12.1. The van der Waals surface area contributed by atoms with E-state index in [4.69, 9.17) is 0 Å². The number of H-pyrrole nitrogens is 1. The average Bonchev–Trinajstić information content (AvgIpc) is 2.39. The molecule has 1 aromatic rings. The van der Waals surface area contributed by atoms with Crippen LogP contribution in [0.3, 0.4) is 0 Å². The van der Waals surface area contributed by atoms with E-state index in [-0.39, 0.29) is 11.5 Å². The Morgan fingerprint density at radius 3 is 2.74 bits per heavy atom. The van der Waals surface area contributed by atoms with Crippen LogP contribution in [0.2, 0.25) is 0 Å². The van der Waals surface area contributed by atoms with E-state index in [1.54, 1.807) is 6.07 Å². The summed E-state index contributed by atoms with van der Waals surface area (Å²) in [6.45, 7) is 7.23. The predicted molar refractivity (Wildman–Crippen MR) is 77.8 cm³/mol. The normalized spacial score (nSPS) is 16.8. The predicted octanol–water partition coefficient (Wildman–Crippen LogP) is 1.33. The van der Waals surface area contributed by atoms with Crippen molar-refractivity contribution in [3.8, 4) is 0 Å². The van der Waals surface area contributed by atoms with Crippen molar-refractivity contribution in [1.29, 1.82) is 0 Å². The molecule has 0 aliphatic carbocycles.